The summed E-state index contributed by atoms with van der Waals surface area (Å²) in [5.41, 5.74) is 0. The van der Waals surface area contributed by atoms with Crippen LogP contribution in [-0.2, 0) is 65.4 Å². The minimum absolute atomic E-state index is 0.103. The lowest BCUT2D eigenvalue weighted by Crippen LogP contribution is -2.30. The Hall–Kier alpha value is -1.94. The van der Waals surface area contributed by atoms with Crippen LogP contribution in [0.4, 0.5) is 0 Å². The van der Waals surface area contributed by atoms with Gasteiger partial charge < -0.3 is 33.8 Å². The first-order chi connectivity index (χ1) is 45.7. The average molecular weight is 1400 g/mol. The van der Waals surface area contributed by atoms with Crippen LogP contribution >= 0.6 is 15.6 Å². The molecule has 95 heavy (non-hydrogen) atoms. The van der Waals surface area contributed by atoms with E-state index in [0.29, 0.717) is 25.7 Å². The molecule has 3 N–H and O–H groups in total. The molecule has 0 aliphatic carbocycles. The zero-order chi connectivity index (χ0) is 70.3. The summed E-state index contributed by atoms with van der Waals surface area (Å²) < 4.78 is 68.4. The Balaban J connectivity index is 5.14. The van der Waals surface area contributed by atoms with E-state index in [1.165, 1.54) is 180 Å². The molecule has 564 valence electrons. The molecule has 0 aliphatic heterocycles. The number of aliphatic hydroxyl groups is 1. The highest BCUT2D eigenvalue weighted by molar-refractivity contribution is 7.47. The number of carbonyl (C=O) groups is 4. The van der Waals surface area contributed by atoms with Gasteiger partial charge in [0.05, 0.1) is 26.4 Å². The minimum Gasteiger partial charge on any atom is -0.462 e. The maximum absolute atomic E-state index is 13.1. The van der Waals surface area contributed by atoms with E-state index < -0.39 is 97.5 Å². The molecular formula is C76H148O17P2. The molecule has 0 rings (SSSR count). The van der Waals surface area contributed by atoms with Gasteiger partial charge in [0.1, 0.15) is 19.3 Å². The highest BCUT2D eigenvalue weighted by atomic mass is 31.2. The Morgan fingerprint density at radius 3 is 0.747 bits per heavy atom. The summed E-state index contributed by atoms with van der Waals surface area (Å²) in [6.45, 7) is 14.2. The molecule has 17 nitrogen and oxygen atoms in total. The van der Waals surface area contributed by atoms with Crippen molar-refractivity contribution in [2.24, 2.45) is 23.7 Å². The highest BCUT2D eigenvalue weighted by Crippen LogP contribution is 2.45. The van der Waals surface area contributed by atoms with E-state index in [9.17, 15) is 43.2 Å². The summed E-state index contributed by atoms with van der Waals surface area (Å²) in [5, 5.41) is 10.6. The maximum Gasteiger partial charge on any atom is 0.472 e. The van der Waals surface area contributed by atoms with E-state index in [2.05, 4.69) is 55.4 Å². The Morgan fingerprint density at radius 1 is 0.295 bits per heavy atom. The van der Waals surface area contributed by atoms with Crippen molar-refractivity contribution in [3.8, 4) is 0 Å². The fourth-order valence-corrected chi connectivity index (χ4v) is 13.0. The van der Waals surface area contributed by atoms with Gasteiger partial charge in [-0.05, 0) is 49.4 Å². The van der Waals surface area contributed by atoms with Gasteiger partial charge in [0.15, 0.2) is 12.2 Å². The molecule has 19 heteroatoms. The van der Waals surface area contributed by atoms with Gasteiger partial charge in [-0.3, -0.25) is 37.3 Å². The molecule has 0 aromatic rings. The Morgan fingerprint density at radius 2 is 0.505 bits per heavy atom. The van der Waals surface area contributed by atoms with Crippen molar-refractivity contribution >= 4 is 39.5 Å². The number of phosphoric acid groups is 2. The largest absolute Gasteiger partial charge is 0.472 e. The van der Waals surface area contributed by atoms with Crippen LogP contribution in [0.3, 0.4) is 0 Å². The van der Waals surface area contributed by atoms with Gasteiger partial charge in [-0.15, -0.1) is 0 Å². The van der Waals surface area contributed by atoms with Gasteiger partial charge in [-0.2, -0.15) is 0 Å². The topological polar surface area (TPSA) is 237 Å². The van der Waals surface area contributed by atoms with Gasteiger partial charge in [0.2, 0.25) is 0 Å². The van der Waals surface area contributed by atoms with Crippen LogP contribution < -0.4 is 0 Å². The van der Waals surface area contributed by atoms with Crippen LogP contribution in [-0.4, -0.2) is 96.7 Å². The third kappa shape index (κ3) is 66.4. The monoisotopic (exact) mass is 1400 g/mol. The van der Waals surface area contributed by atoms with Crippen molar-refractivity contribution in [3.05, 3.63) is 0 Å². The molecule has 0 fully saturated rings. The van der Waals surface area contributed by atoms with E-state index in [1.54, 1.807) is 0 Å². The number of carbonyl (C=O) groups excluding carboxylic acids is 4. The molecule has 0 spiro atoms. The smallest absolute Gasteiger partial charge is 0.462 e. The Labute approximate surface area is 581 Å². The summed E-state index contributed by atoms with van der Waals surface area (Å²) in [6.07, 6.45) is 50.2. The van der Waals surface area contributed by atoms with Gasteiger partial charge in [-0.25, -0.2) is 9.13 Å². The van der Waals surface area contributed by atoms with E-state index in [-0.39, 0.29) is 25.7 Å². The van der Waals surface area contributed by atoms with Crippen molar-refractivity contribution in [3.63, 3.8) is 0 Å². The Kier molecular flexibility index (Phi) is 64.0. The third-order valence-electron chi connectivity index (χ3n) is 18.7. The number of hydrogen-bond donors (Lipinski definition) is 3. The molecule has 0 aromatic heterocycles. The standard InChI is InChI=1S/C76H148O17P2/c1-9-67(6)53-45-37-29-25-20-18-16-14-12-13-15-17-19-21-26-30-40-48-56-73(78)86-62-72(93-76(81)59-51-43-35-33-39-47-55-69(8)11-3)65-91-95(84,85)89-61-70(77)60-88-94(82,83)90-64-71(63-87-74(79)57-49-41-34-32-38-46-54-68(7)10-2)92-75(80)58-50-42-31-27-23-22-24-28-36-44-52-66(4)5/h66-72,77H,9-65H2,1-8H3,(H,82,83)(H,84,85)/t67?,68?,69?,70-,71+,72+/m0/s1. The second kappa shape index (κ2) is 65.4. The summed E-state index contributed by atoms with van der Waals surface area (Å²) >= 11 is 0. The van der Waals surface area contributed by atoms with Crippen molar-refractivity contribution in [1.29, 1.82) is 0 Å². The summed E-state index contributed by atoms with van der Waals surface area (Å²) in [7, 11) is -9.91. The summed E-state index contributed by atoms with van der Waals surface area (Å²) in [5.74, 6) is 0.950. The molecule has 0 heterocycles. The number of aliphatic hydroxyl groups excluding tert-OH is 1. The second-order valence-corrected chi connectivity index (χ2v) is 31.5. The van der Waals surface area contributed by atoms with Crippen molar-refractivity contribution in [1.82, 2.24) is 0 Å². The third-order valence-corrected chi connectivity index (χ3v) is 20.6. The molecule has 0 amide bonds. The lowest BCUT2D eigenvalue weighted by atomic mass is 9.99. The molecular weight excluding hydrogens is 1250 g/mol. The maximum atomic E-state index is 13.1. The van der Waals surface area contributed by atoms with Gasteiger partial charge >= 0.3 is 39.5 Å². The summed E-state index contributed by atoms with van der Waals surface area (Å²) in [4.78, 5) is 72.7. The van der Waals surface area contributed by atoms with Gasteiger partial charge in [0.25, 0.3) is 0 Å². The summed E-state index contributed by atoms with van der Waals surface area (Å²) in [6, 6.07) is 0. The lowest BCUT2D eigenvalue weighted by molar-refractivity contribution is -0.161. The Bertz CT molecular complexity index is 1870. The molecule has 0 saturated carbocycles. The number of ether oxygens (including phenoxy) is 4. The van der Waals surface area contributed by atoms with Crippen molar-refractivity contribution < 1.29 is 80.2 Å². The van der Waals surface area contributed by atoms with Gasteiger partial charge in [0, 0.05) is 25.7 Å². The zero-order valence-electron chi connectivity index (χ0n) is 62.3. The van der Waals surface area contributed by atoms with E-state index in [1.807, 2.05) is 0 Å². The van der Waals surface area contributed by atoms with E-state index in [4.69, 9.17) is 37.0 Å². The van der Waals surface area contributed by atoms with Crippen LogP contribution in [0, 0.1) is 23.7 Å². The quantitative estimate of drug-likeness (QED) is 0.0222. The molecule has 0 radical (unpaired) electrons. The average Bonchev–Trinajstić information content (AvgIpc) is 1.79. The molecule has 0 bridgehead atoms. The number of esters is 4. The normalized spacial score (nSPS) is 15.0. The minimum atomic E-state index is -4.96. The molecule has 0 saturated heterocycles. The number of phosphoric ester groups is 2. The fourth-order valence-electron chi connectivity index (χ4n) is 11.5. The molecule has 0 aliphatic rings. The number of rotatable bonds is 73. The zero-order valence-corrected chi connectivity index (χ0v) is 64.1. The van der Waals surface area contributed by atoms with Crippen LogP contribution in [0.15, 0.2) is 0 Å². The first-order valence-corrected chi connectivity index (χ1v) is 42.3. The fraction of sp³-hybridized carbons (Fsp3) is 0.947. The van der Waals surface area contributed by atoms with Gasteiger partial charge in [-0.1, -0.05) is 331 Å². The van der Waals surface area contributed by atoms with Crippen molar-refractivity contribution in [2.75, 3.05) is 39.6 Å². The lowest BCUT2D eigenvalue weighted by Gasteiger charge is -2.21. The molecule has 5 unspecified atom stereocenters. The highest BCUT2D eigenvalue weighted by Gasteiger charge is 2.30. The van der Waals surface area contributed by atoms with Crippen LogP contribution in [0.2, 0.25) is 0 Å². The van der Waals surface area contributed by atoms with Crippen molar-refractivity contribution in [2.45, 2.75) is 401 Å². The molecule has 8 atom stereocenters. The number of hydrogen-bond acceptors (Lipinski definition) is 15. The van der Waals surface area contributed by atoms with E-state index >= 15 is 0 Å². The van der Waals surface area contributed by atoms with Crippen LogP contribution in [0.1, 0.15) is 383 Å². The second-order valence-electron chi connectivity index (χ2n) is 28.6. The van der Waals surface area contributed by atoms with Crippen LogP contribution in [0.5, 0.6) is 0 Å². The first kappa shape index (κ1) is 93.1. The molecule has 0 aromatic carbocycles. The SMILES string of the molecule is CCC(C)CCCCCCCCCCCCCCCCCCCCC(=O)OC[C@H](COP(=O)(O)OC[C@@H](O)COP(=O)(O)OC[C@@H](COC(=O)CCCCCCCCC(C)CC)OC(=O)CCCCCCCCCCCCC(C)C)OC(=O)CCCCCCCCC(C)CC. The predicted molar refractivity (Wildman–Crippen MR) is 386 cm³/mol. The predicted octanol–water partition coefficient (Wildman–Crippen LogP) is 22.0. The first-order valence-electron chi connectivity index (χ1n) is 39.3. The van der Waals surface area contributed by atoms with Crippen LogP contribution in [0.25, 0.3) is 0 Å². The number of unbranched alkanes of at least 4 members (excludes halogenated alkanes) is 36. The van der Waals surface area contributed by atoms with E-state index in [0.717, 1.165) is 120 Å².